The zero-order valence-corrected chi connectivity index (χ0v) is 8.22. The molecule has 0 amide bonds. The lowest BCUT2D eigenvalue weighted by Crippen LogP contribution is -2.20. The maximum absolute atomic E-state index is 11.0. The Labute approximate surface area is 74.6 Å². The van der Waals surface area contributed by atoms with E-state index in [0.717, 1.165) is 12.0 Å². The molecule has 0 aliphatic heterocycles. The minimum Gasteiger partial charge on any atom is -0.370 e. The van der Waals surface area contributed by atoms with Crippen molar-refractivity contribution in [3.8, 4) is 0 Å². The van der Waals surface area contributed by atoms with Gasteiger partial charge in [-0.3, -0.25) is 4.79 Å². The predicted molar refractivity (Wildman–Crippen MR) is 50.1 cm³/mol. The Hall–Kier alpha value is -0.630. The number of ether oxygens (including phenoxy) is 1. The monoisotopic (exact) mass is 170 g/mol. The van der Waals surface area contributed by atoms with E-state index in [4.69, 9.17) is 4.74 Å². The molecule has 0 aliphatic carbocycles. The average molecular weight is 170 g/mol. The van der Waals surface area contributed by atoms with Crippen molar-refractivity contribution < 1.29 is 9.53 Å². The lowest BCUT2D eigenvalue weighted by molar-refractivity contribution is -0.129. The molecule has 2 nitrogen and oxygen atoms in total. The third-order valence-corrected chi connectivity index (χ3v) is 1.70. The molecular formula is C10H18O2. The molecule has 0 aromatic carbocycles. The molecule has 0 aromatic heterocycles. The van der Waals surface area contributed by atoms with Crippen LogP contribution in [0.3, 0.4) is 0 Å². The summed E-state index contributed by atoms with van der Waals surface area (Å²) in [6.45, 7) is 9.95. The van der Waals surface area contributed by atoms with Crippen molar-refractivity contribution in [3.63, 3.8) is 0 Å². The molecule has 2 heteroatoms. The Morgan fingerprint density at radius 2 is 2.17 bits per heavy atom. The largest absolute Gasteiger partial charge is 0.370 e. The summed E-state index contributed by atoms with van der Waals surface area (Å²) in [5, 5.41) is 0. The molecular weight excluding hydrogens is 152 g/mol. The molecule has 70 valence electrons. The van der Waals surface area contributed by atoms with Crippen molar-refractivity contribution in [2.75, 3.05) is 6.61 Å². The van der Waals surface area contributed by atoms with Crippen molar-refractivity contribution in [1.29, 1.82) is 0 Å². The summed E-state index contributed by atoms with van der Waals surface area (Å²) < 4.78 is 5.30. The fourth-order valence-electron chi connectivity index (χ4n) is 0.790. The Balaban J connectivity index is 3.50. The lowest BCUT2D eigenvalue weighted by Gasteiger charge is -2.10. The van der Waals surface area contributed by atoms with Crippen LogP contribution in [0.2, 0.25) is 0 Å². The average Bonchev–Trinajstić information content (AvgIpc) is 2.02. The minimum absolute atomic E-state index is 0.164. The van der Waals surface area contributed by atoms with Gasteiger partial charge in [0.25, 0.3) is 0 Å². The van der Waals surface area contributed by atoms with Gasteiger partial charge in [-0.05, 0) is 20.3 Å². The van der Waals surface area contributed by atoms with Crippen molar-refractivity contribution >= 4 is 5.78 Å². The Bertz CT molecular complexity index is 161. The van der Waals surface area contributed by atoms with Crippen molar-refractivity contribution in [2.24, 2.45) is 0 Å². The van der Waals surface area contributed by atoms with E-state index in [1.807, 2.05) is 13.8 Å². The van der Waals surface area contributed by atoms with Gasteiger partial charge in [-0.15, -0.1) is 6.58 Å². The molecule has 0 rings (SSSR count). The van der Waals surface area contributed by atoms with Gasteiger partial charge in [0.2, 0.25) is 0 Å². The highest BCUT2D eigenvalue weighted by Gasteiger charge is 2.09. The summed E-state index contributed by atoms with van der Waals surface area (Å²) in [7, 11) is 0. The zero-order valence-electron chi connectivity index (χ0n) is 8.22. The third kappa shape index (κ3) is 5.08. The summed E-state index contributed by atoms with van der Waals surface area (Å²) in [4.78, 5) is 11.0. The van der Waals surface area contributed by atoms with E-state index in [1.165, 1.54) is 0 Å². The normalized spacial score (nSPS) is 12.6. The van der Waals surface area contributed by atoms with E-state index in [9.17, 15) is 4.79 Å². The zero-order chi connectivity index (χ0) is 9.56. The quantitative estimate of drug-likeness (QED) is 0.572. The van der Waals surface area contributed by atoms with Gasteiger partial charge in [0.1, 0.15) is 6.10 Å². The van der Waals surface area contributed by atoms with Crippen LogP contribution in [-0.4, -0.2) is 18.5 Å². The summed E-state index contributed by atoms with van der Waals surface area (Å²) in [6, 6.07) is 0. The van der Waals surface area contributed by atoms with E-state index in [2.05, 4.69) is 6.58 Å². The molecule has 0 fully saturated rings. The summed E-state index contributed by atoms with van der Waals surface area (Å²) in [5.41, 5.74) is 1.09. The standard InChI is InChI=1S/C10H18O2/c1-5-10(11)9(4)12-7-6-8(2)3/h9H,2,5-7H2,1,3-4H3. The first-order valence-electron chi connectivity index (χ1n) is 4.36. The minimum atomic E-state index is -0.255. The first-order chi connectivity index (χ1) is 5.57. The fourth-order valence-corrected chi connectivity index (χ4v) is 0.790. The summed E-state index contributed by atoms with van der Waals surface area (Å²) in [5.74, 6) is 0.164. The number of Topliss-reactive ketones (excluding diaryl/α,β-unsaturated/α-hetero) is 1. The number of carbonyl (C=O) groups excluding carboxylic acids is 1. The smallest absolute Gasteiger partial charge is 0.160 e. The number of hydrogen-bond acceptors (Lipinski definition) is 2. The number of rotatable bonds is 6. The van der Waals surface area contributed by atoms with Gasteiger partial charge in [0.05, 0.1) is 6.61 Å². The van der Waals surface area contributed by atoms with Crippen molar-refractivity contribution in [2.45, 2.75) is 39.7 Å². The second-order valence-corrected chi connectivity index (χ2v) is 3.04. The van der Waals surface area contributed by atoms with Crippen LogP contribution in [0.4, 0.5) is 0 Å². The molecule has 0 radical (unpaired) electrons. The van der Waals surface area contributed by atoms with Crippen LogP contribution in [0.25, 0.3) is 0 Å². The fraction of sp³-hybridized carbons (Fsp3) is 0.700. The molecule has 0 spiro atoms. The van der Waals surface area contributed by atoms with Crippen LogP contribution in [0.15, 0.2) is 12.2 Å². The van der Waals surface area contributed by atoms with Gasteiger partial charge in [-0.1, -0.05) is 12.5 Å². The van der Waals surface area contributed by atoms with Crippen molar-refractivity contribution in [1.82, 2.24) is 0 Å². The molecule has 0 bridgehead atoms. The van der Waals surface area contributed by atoms with E-state index < -0.39 is 0 Å². The lowest BCUT2D eigenvalue weighted by atomic mass is 10.2. The highest BCUT2D eigenvalue weighted by molar-refractivity contribution is 5.82. The van der Waals surface area contributed by atoms with Gasteiger partial charge < -0.3 is 4.74 Å². The highest BCUT2D eigenvalue weighted by Crippen LogP contribution is 2.01. The molecule has 12 heavy (non-hydrogen) atoms. The van der Waals surface area contributed by atoms with E-state index >= 15 is 0 Å². The number of ketones is 1. The maximum atomic E-state index is 11.0. The highest BCUT2D eigenvalue weighted by atomic mass is 16.5. The maximum Gasteiger partial charge on any atom is 0.160 e. The van der Waals surface area contributed by atoms with Crippen molar-refractivity contribution in [3.05, 3.63) is 12.2 Å². The Morgan fingerprint density at radius 1 is 1.58 bits per heavy atom. The van der Waals surface area contributed by atoms with Gasteiger partial charge in [-0.2, -0.15) is 0 Å². The third-order valence-electron chi connectivity index (χ3n) is 1.70. The second-order valence-electron chi connectivity index (χ2n) is 3.04. The Morgan fingerprint density at radius 3 is 2.58 bits per heavy atom. The molecule has 0 aliphatic rings. The van der Waals surface area contributed by atoms with E-state index in [-0.39, 0.29) is 11.9 Å². The van der Waals surface area contributed by atoms with Crippen LogP contribution in [0.5, 0.6) is 0 Å². The van der Waals surface area contributed by atoms with Gasteiger partial charge in [-0.25, -0.2) is 0 Å². The molecule has 0 aromatic rings. The molecule has 0 saturated carbocycles. The summed E-state index contributed by atoms with van der Waals surface area (Å²) >= 11 is 0. The number of carbonyl (C=O) groups is 1. The van der Waals surface area contributed by atoms with Gasteiger partial charge in [0.15, 0.2) is 5.78 Å². The predicted octanol–water partition coefficient (Wildman–Crippen LogP) is 2.34. The van der Waals surface area contributed by atoms with Crippen LogP contribution in [-0.2, 0) is 9.53 Å². The van der Waals surface area contributed by atoms with Crippen LogP contribution < -0.4 is 0 Å². The molecule has 0 saturated heterocycles. The van der Waals surface area contributed by atoms with Crippen LogP contribution in [0, 0.1) is 0 Å². The topological polar surface area (TPSA) is 26.3 Å². The van der Waals surface area contributed by atoms with Crippen LogP contribution >= 0.6 is 0 Å². The van der Waals surface area contributed by atoms with Gasteiger partial charge >= 0.3 is 0 Å². The SMILES string of the molecule is C=C(C)CCOC(C)C(=O)CC. The Kier molecular flexibility index (Phi) is 5.64. The molecule has 0 N–H and O–H groups in total. The molecule has 0 heterocycles. The first kappa shape index (κ1) is 11.4. The van der Waals surface area contributed by atoms with Crippen LogP contribution in [0.1, 0.15) is 33.6 Å². The van der Waals surface area contributed by atoms with E-state index in [1.54, 1.807) is 6.92 Å². The van der Waals surface area contributed by atoms with E-state index in [0.29, 0.717) is 13.0 Å². The first-order valence-corrected chi connectivity index (χ1v) is 4.36. The molecule has 1 atom stereocenters. The molecule has 1 unspecified atom stereocenters. The number of hydrogen-bond donors (Lipinski definition) is 0. The van der Waals surface area contributed by atoms with Gasteiger partial charge in [0, 0.05) is 6.42 Å². The summed E-state index contributed by atoms with van der Waals surface area (Å²) in [6.07, 6.45) is 1.13. The second kappa shape index (κ2) is 5.95.